The fourth-order valence-electron chi connectivity index (χ4n) is 1.78. The van der Waals surface area contributed by atoms with Gasteiger partial charge in [0.25, 0.3) is 0 Å². The zero-order valence-electron chi connectivity index (χ0n) is 11.6. The van der Waals surface area contributed by atoms with Gasteiger partial charge in [-0.15, -0.1) is 0 Å². The third-order valence-electron chi connectivity index (χ3n) is 3.14. The van der Waals surface area contributed by atoms with E-state index in [4.69, 9.17) is 0 Å². The maximum absolute atomic E-state index is 9.36. The smallest absolute Gasteiger partial charge is 0.0662 e. The predicted molar refractivity (Wildman–Crippen MR) is 71.6 cm³/mol. The Labute approximate surface area is 102 Å². The minimum atomic E-state index is -0.170. The molecule has 2 unspecified atom stereocenters. The van der Waals surface area contributed by atoms with Gasteiger partial charge in [-0.2, -0.15) is 0 Å². The van der Waals surface area contributed by atoms with E-state index in [1.807, 2.05) is 6.92 Å². The summed E-state index contributed by atoms with van der Waals surface area (Å²) < 4.78 is 0. The zero-order chi connectivity index (χ0) is 12.4. The summed E-state index contributed by atoms with van der Waals surface area (Å²) in [5.41, 5.74) is 0. The Bertz CT molecular complexity index is 148. The fourth-order valence-corrected chi connectivity index (χ4v) is 1.78. The molecule has 0 spiro atoms. The third-order valence-corrected chi connectivity index (χ3v) is 3.14. The van der Waals surface area contributed by atoms with Crippen LogP contribution in [0.2, 0.25) is 0 Å². The van der Waals surface area contributed by atoms with E-state index >= 15 is 0 Å². The highest BCUT2D eigenvalue weighted by Gasteiger charge is 2.04. The molecule has 0 heterocycles. The molecular formula is C14H31NO. The molecule has 16 heavy (non-hydrogen) atoms. The summed E-state index contributed by atoms with van der Waals surface area (Å²) in [7, 11) is 0. The molecule has 0 saturated carbocycles. The molecule has 2 N–H and O–H groups in total. The maximum atomic E-state index is 9.36. The van der Waals surface area contributed by atoms with Crippen LogP contribution >= 0.6 is 0 Å². The monoisotopic (exact) mass is 229 g/mol. The first-order valence-corrected chi connectivity index (χ1v) is 6.95. The van der Waals surface area contributed by atoms with Crippen LogP contribution in [-0.4, -0.2) is 24.3 Å². The Morgan fingerprint density at radius 3 is 2.31 bits per heavy atom. The van der Waals surface area contributed by atoms with Crippen LogP contribution < -0.4 is 5.32 Å². The van der Waals surface area contributed by atoms with E-state index < -0.39 is 0 Å². The molecule has 0 rings (SSSR count). The first-order chi connectivity index (χ1) is 7.56. The summed E-state index contributed by atoms with van der Waals surface area (Å²) in [6.45, 7) is 10.7. The molecule has 0 aliphatic carbocycles. The van der Waals surface area contributed by atoms with Gasteiger partial charge in [0.15, 0.2) is 0 Å². The Kier molecular flexibility index (Phi) is 10.0. The fraction of sp³-hybridized carbons (Fsp3) is 1.00. The third kappa shape index (κ3) is 10.4. The zero-order valence-corrected chi connectivity index (χ0v) is 11.6. The van der Waals surface area contributed by atoms with Crippen molar-refractivity contribution in [2.45, 2.75) is 65.9 Å². The van der Waals surface area contributed by atoms with Gasteiger partial charge in [0.2, 0.25) is 0 Å². The molecule has 98 valence electrons. The van der Waals surface area contributed by atoms with Crippen molar-refractivity contribution in [1.29, 1.82) is 0 Å². The SMILES string of the molecule is CCC(O)CNCCC(C)CCCC(C)C. The summed E-state index contributed by atoms with van der Waals surface area (Å²) in [6.07, 6.45) is 5.96. The Balaban J connectivity index is 3.26. The normalized spacial score (nSPS) is 15.4. The molecule has 2 atom stereocenters. The van der Waals surface area contributed by atoms with Crippen molar-refractivity contribution < 1.29 is 5.11 Å². The molecule has 0 amide bonds. The lowest BCUT2D eigenvalue weighted by atomic mass is 9.97. The topological polar surface area (TPSA) is 32.3 Å². The van der Waals surface area contributed by atoms with Gasteiger partial charge < -0.3 is 10.4 Å². The molecule has 0 aliphatic rings. The predicted octanol–water partition coefficient (Wildman–Crippen LogP) is 3.20. The molecule has 0 fully saturated rings. The Morgan fingerprint density at radius 1 is 1.06 bits per heavy atom. The van der Waals surface area contributed by atoms with E-state index in [2.05, 4.69) is 26.1 Å². The van der Waals surface area contributed by atoms with E-state index in [9.17, 15) is 5.11 Å². The summed E-state index contributed by atoms with van der Waals surface area (Å²) in [4.78, 5) is 0. The molecule has 0 radical (unpaired) electrons. The highest BCUT2D eigenvalue weighted by Crippen LogP contribution is 2.14. The van der Waals surface area contributed by atoms with Crippen molar-refractivity contribution in [2.75, 3.05) is 13.1 Å². The molecule has 2 heteroatoms. The number of hydrogen-bond donors (Lipinski definition) is 2. The number of rotatable bonds is 10. The van der Waals surface area contributed by atoms with Crippen molar-refractivity contribution >= 4 is 0 Å². The van der Waals surface area contributed by atoms with Gasteiger partial charge in [0.1, 0.15) is 0 Å². The van der Waals surface area contributed by atoms with E-state index in [-0.39, 0.29) is 6.10 Å². The van der Waals surface area contributed by atoms with E-state index in [0.717, 1.165) is 31.3 Å². The lowest BCUT2D eigenvalue weighted by molar-refractivity contribution is 0.167. The van der Waals surface area contributed by atoms with Gasteiger partial charge in [-0.05, 0) is 31.2 Å². The lowest BCUT2D eigenvalue weighted by Crippen LogP contribution is -2.27. The van der Waals surface area contributed by atoms with Crippen LogP contribution in [0, 0.1) is 11.8 Å². The Morgan fingerprint density at radius 2 is 1.75 bits per heavy atom. The molecule has 0 saturated heterocycles. The summed E-state index contributed by atoms with van der Waals surface area (Å²) >= 11 is 0. The quantitative estimate of drug-likeness (QED) is 0.564. The van der Waals surface area contributed by atoms with Gasteiger partial charge in [-0.1, -0.05) is 47.0 Å². The minimum absolute atomic E-state index is 0.170. The average molecular weight is 229 g/mol. The molecule has 0 bridgehead atoms. The molecule has 2 nitrogen and oxygen atoms in total. The second-order valence-corrected chi connectivity index (χ2v) is 5.48. The average Bonchev–Trinajstić information content (AvgIpc) is 2.23. The van der Waals surface area contributed by atoms with E-state index in [1.54, 1.807) is 0 Å². The van der Waals surface area contributed by atoms with Crippen LogP contribution in [0.5, 0.6) is 0 Å². The second-order valence-electron chi connectivity index (χ2n) is 5.48. The summed E-state index contributed by atoms with van der Waals surface area (Å²) in [5.74, 6) is 1.65. The van der Waals surface area contributed by atoms with Crippen molar-refractivity contribution in [3.63, 3.8) is 0 Å². The lowest BCUT2D eigenvalue weighted by Gasteiger charge is -2.14. The second kappa shape index (κ2) is 10.1. The molecule has 0 aliphatic heterocycles. The van der Waals surface area contributed by atoms with Gasteiger partial charge in [-0.3, -0.25) is 0 Å². The standard InChI is InChI=1S/C14H31NO/c1-5-14(16)11-15-10-9-13(4)8-6-7-12(2)3/h12-16H,5-11H2,1-4H3. The Hall–Kier alpha value is -0.0800. The van der Waals surface area contributed by atoms with Crippen molar-refractivity contribution in [3.8, 4) is 0 Å². The molecule has 0 aromatic heterocycles. The number of aliphatic hydroxyl groups excluding tert-OH is 1. The first-order valence-electron chi connectivity index (χ1n) is 6.95. The highest BCUT2D eigenvalue weighted by molar-refractivity contribution is 4.60. The van der Waals surface area contributed by atoms with Gasteiger partial charge in [0.05, 0.1) is 6.10 Å². The maximum Gasteiger partial charge on any atom is 0.0662 e. The highest BCUT2D eigenvalue weighted by atomic mass is 16.3. The van der Waals surface area contributed by atoms with Gasteiger partial charge in [-0.25, -0.2) is 0 Å². The number of hydrogen-bond acceptors (Lipinski definition) is 2. The van der Waals surface area contributed by atoms with Crippen LogP contribution in [-0.2, 0) is 0 Å². The largest absolute Gasteiger partial charge is 0.392 e. The van der Waals surface area contributed by atoms with Gasteiger partial charge in [0, 0.05) is 6.54 Å². The van der Waals surface area contributed by atoms with Crippen LogP contribution in [0.25, 0.3) is 0 Å². The van der Waals surface area contributed by atoms with E-state index in [1.165, 1.54) is 25.7 Å². The van der Waals surface area contributed by atoms with Gasteiger partial charge >= 0.3 is 0 Å². The van der Waals surface area contributed by atoms with Crippen LogP contribution in [0.3, 0.4) is 0 Å². The first kappa shape index (κ1) is 15.9. The van der Waals surface area contributed by atoms with Crippen LogP contribution in [0.1, 0.15) is 59.8 Å². The number of nitrogens with one attached hydrogen (secondary N) is 1. The molecule has 0 aromatic rings. The van der Waals surface area contributed by atoms with Crippen LogP contribution in [0.4, 0.5) is 0 Å². The summed E-state index contributed by atoms with van der Waals surface area (Å²) in [6, 6.07) is 0. The minimum Gasteiger partial charge on any atom is -0.392 e. The molecule has 0 aromatic carbocycles. The van der Waals surface area contributed by atoms with Crippen molar-refractivity contribution in [3.05, 3.63) is 0 Å². The number of aliphatic hydroxyl groups is 1. The summed E-state index contributed by atoms with van der Waals surface area (Å²) in [5, 5.41) is 12.7. The van der Waals surface area contributed by atoms with Crippen molar-refractivity contribution in [1.82, 2.24) is 5.32 Å². The molecular weight excluding hydrogens is 198 g/mol. The van der Waals surface area contributed by atoms with Crippen LogP contribution in [0.15, 0.2) is 0 Å². The van der Waals surface area contributed by atoms with E-state index in [0.29, 0.717) is 0 Å². The van der Waals surface area contributed by atoms with Crippen molar-refractivity contribution in [2.24, 2.45) is 11.8 Å².